The van der Waals surface area contributed by atoms with Gasteiger partial charge in [0.1, 0.15) is 5.75 Å². The summed E-state index contributed by atoms with van der Waals surface area (Å²) in [5, 5.41) is 7.73. The van der Waals surface area contributed by atoms with Crippen LogP contribution in [0.2, 0.25) is 5.02 Å². The van der Waals surface area contributed by atoms with E-state index in [4.69, 9.17) is 21.4 Å². The maximum Gasteiger partial charge on any atom is 0.213 e. The van der Waals surface area contributed by atoms with Crippen molar-refractivity contribution in [3.8, 4) is 5.75 Å². The van der Waals surface area contributed by atoms with E-state index in [1.807, 2.05) is 48.5 Å². The highest BCUT2D eigenvalue weighted by Crippen LogP contribution is 2.47. The first-order valence-electron chi connectivity index (χ1n) is 8.82. The number of halogens is 2. The molecule has 2 aliphatic heterocycles. The molecule has 0 fully saturated rings. The third-order valence-electron chi connectivity index (χ3n) is 5.01. The van der Waals surface area contributed by atoms with E-state index in [1.54, 1.807) is 0 Å². The van der Waals surface area contributed by atoms with Crippen molar-refractivity contribution in [2.45, 2.75) is 18.7 Å². The molecule has 0 N–H and O–H groups in total. The number of hydrogen-bond donors (Lipinski definition) is 0. The summed E-state index contributed by atoms with van der Waals surface area (Å²) in [5.41, 5.74) is 4.38. The molecule has 134 valence electrons. The molecule has 2 heterocycles. The zero-order valence-corrected chi connectivity index (χ0v) is 16.7. The first-order valence-corrected chi connectivity index (χ1v) is 9.99. The standard InChI is InChI=1S/C22H16BrClN2O/c23-16-10-8-14(9-11-16)19-13-20-18-6-1-2-7-21(18)27-22(26(20)25-19)15-4-3-5-17(24)12-15/h1-12,20,22H,13H2/t20-,22-/m1/s1. The summed E-state index contributed by atoms with van der Waals surface area (Å²) in [6, 6.07) is 24.5. The van der Waals surface area contributed by atoms with Crippen molar-refractivity contribution in [2.24, 2.45) is 5.10 Å². The van der Waals surface area contributed by atoms with E-state index in [2.05, 4.69) is 45.2 Å². The number of hydrazone groups is 1. The third-order valence-corrected chi connectivity index (χ3v) is 5.77. The zero-order valence-electron chi connectivity index (χ0n) is 14.3. The molecule has 3 nitrogen and oxygen atoms in total. The van der Waals surface area contributed by atoms with Gasteiger partial charge >= 0.3 is 0 Å². The number of benzene rings is 3. The molecule has 0 amide bonds. The van der Waals surface area contributed by atoms with Crippen LogP contribution < -0.4 is 4.74 Å². The molecule has 27 heavy (non-hydrogen) atoms. The van der Waals surface area contributed by atoms with Gasteiger partial charge in [-0.1, -0.05) is 70.0 Å². The van der Waals surface area contributed by atoms with Crippen molar-refractivity contribution in [3.05, 3.63) is 99.0 Å². The van der Waals surface area contributed by atoms with Crippen LogP contribution in [-0.2, 0) is 0 Å². The molecular formula is C22H16BrClN2O. The van der Waals surface area contributed by atoms with E-state index < -0.39 is 0 Å². The molecule has 3 aromatic carbocycles. The maximum atomic E-state index is 6.34. The molecule has 0 saturated carbocycles. The second kappa shape index (κ2) is 6.70. The van der Waals surface area contributed by atoms with Gasteiger partial charge in [-0.25, -0.2) is 5.01 Å². The smallest absolute Gasteiger partial charge is 0.213 e. The van der Waals surface area contributed by atoms with Gasteiger partial charge in [0.15, 0.2) is 0 Å². The van der Waals surface area contributed by atoms with Gasteiger partial charge in [-0.15, -0.1) is 0 Å². The zero-order chi connectivity index (χ0) is 18.4. The van der Waals surface area contributed by atoms with Crippen LogP contribution in [0.3, 0.4) is 0 Å². The number of ether oxygens (including phenoxy) is 1. The van der Waals surface area contributed by atoms with E-state index in [9.17, 15) is 0 Å². The summed E-state index contributed by atoms with van der Waals surface area (Å²) in [7, 11) is 0. The predicted octanol–water partition coefficient (Wildman–Crippen LogP) is 6.34. The van der Waals surface area contributed by atoms with E-state index in [1.165, 1.54) is 5.56 Å². The predicted molar refractivity (Wildman–Crippen MR) is 111 cm³/mol. The second-order valence-corrected chi connectivity index (χ2v) is 8.07. The second-order valence-electron chi connectivity index (χ2n) is 6.72. The molecule has 2 atom stereocenters. The Morgan fingerprint density at radius 1 is 1.00 bits per heavy atom. The minimum atomic E-state index is -0.295. The van der Waals surface area contributed by atoms with Crippen LogP contribution in [0.15, 0.2) is 82.4 Å². The molecule has 5 heteroatoms. The minimum absolute atomic E-state index is 0.151. The lowest BCUT2D eigenvalue weighted by Gasteiger charge is -2.38. The molecule has 0 radical (unpaired) electrons. The topological polar surface area (TPSA) is 24.8 Å². The molecular weight excluding hydrogens is 424 g/mol. The molecule has 0 saturated heterocycles. The lowest BCUT2D eigenvalue weighted by Crippen LogP contribution is -2.33. The molecule has 0 spiro atoms. The molecule has 2 aliphatic rings. The van der Waals surface area contributed by atoms with E-state index in [-0.39, 0.29) is 12.3 Å². The SMILES string of the molecule is Clc1cccc([C@H]2Oc3ccccc3[C@H]3CC(c4ccc(Br)cc4)=NN32)c1. The van der Waals surface area contributed by atoms with Crippen molar-refractivity contribution >= 4 is 33.2 Å². The summed E-state index contributed by atoms with van der Waals surface area (Å²) in [5.74, 6) is 0.913. The van der Waals surface area contributed by atoms with Gasteiger partial charge in [-0.3, -0.25) is 0 Å². The normalized spacial score (nSPS) is 20.5. The van der Waals surface area contributed by atoms with Crippen LogP contribution in [-0.4, -0.2) is 10.7 Å². The number of fused-ring (bicyclic) bond motifs is 3. The Bertz CT molecular complexity index is 1030. The van der Waals surface area contributed by atoms with Gasteiger partial charge in [0.25, 0.3) is 0 Å². The van der Waals surface area contributed by atoms with Crippen LogP contribution in [0.4, 0.5) is 0 Å². The van der Waals surface area contributed by atoms with Crippen LogP contribution >= 0.6 is 27.5 Å². The highest BCUT2D eigenvalue weighted by molar-refractivity contribution is 9.10. The summed E-state index contributed by atoms with van der Waals surface area (Å²) in [6.45, 7) is 0. The molecule has 0 aliphatic carbocycles. The fraction of sp³-hybridized carbons (Fsp3) is 0.136. The molecule has 0 unspecified atom stereocenters. The molecule has 0 aromatic heterocycles. The summed E-state index contributed by atoms with van der Waals surface area (Å²) >= 11 is 9.73. The van der Waals surface area contributed by atoms with Gasteiger partial charge in [-0.05, 0) is 35.9 Å². The minimum Gasteiger partial charge on any atom is -0.464 e. The van der Waals surface area contributed by atoms with Gasteiger partial charge in [-0.2, -0.15) is 5.10 Å². The average Bonchev–Trinajstić information content (AvgIpc) is 3.13. The maximum absolute atomic E-state index is 6.34. The van der Waals surface area contributed by atoms with E-state index in [0.29, 0.717) is 5.02 Å². The number of para-hydroxylation sites is 1. The first kappa shape index (κ1) is 16.8. The lowest BCUT2D eigenvalue weighted by atomic mass is 9.96. The van der Waals surface area contributed by atoms with Crippen LogP contribution in [0.1, 0.15) is 35.4 Å². The van der Waals surface area contributed by atoms with Crippen molar-refractivity contribution in [1.29, 1.82) is 0 Å². The summed E-state index contributed by atoms with van der Waals surface area (Å²) in [4.78, 5) is 0. The van der Waals surface area contributed by atoms with Gasteiger partial charge < -0.3 is 4.74 Å². The van der Waals surface area contributed by atoms with Crippen molar-refractivity contribution in [2.75, 3.05) is 0 Å². The van der Waals surface area contributed by atoms with Crippen LogP contribution in [0.25, 0.3) is 0 Å². The number of rotatable bonds is 2. The average molecular weight is 440 g/mol. The van der Waals surface area contributed by atoms with E-state index >= 15 is 0 Å². The lowest BCUT2D eigenvalue weighted by molar-refractivity contribution is -0.0190. The van der Waals surface area contributed by atoms with Crippen molar-refractivity contribution < 1.29 is 4.74 Å². The molecule has 5 rings (SSSR count). The quantitative estimate of drug-likeness (QED) is 0.465. The highest BCUT2D eigenvalue weighted by Gasteiger charge is 2.40. The van der Waals surface area contributed by atoms with Crippen LogP contribution in [0, 0.1) is 0 Å². The van der Waals surface area contributed by atoms with Gasteiger partial charge in [0.05, 0.1) is 11.8 Å². The Morgan fingerprint density at radius 2 is 1.81 bits per heavy atom. The van der Waals surface area contributed by atoms with Gasteiger partial charge in [0.2, 0.25) is 6.23 Å². The largest absolute Gasteiger partial charge is 0.464 e. The Balaban J connectivity index is 1.60. The fourth-order valence-corrected chi connectivity index (χ4v) is 4.19. The third kappa shape index (κ3) is 3.03. The van der Waals surface area contributed by atoms with Gasteiger partial charge in [0, 0.05) is 27.0 Å². The summed E-state index contributed by atoms with van der Waals surface area (Å²) < 4.78 is 7.41. The molecule has 0 bridgehead atoms. The Kier molecular flexibility index (Phi) is 4.18. The van der Waals surface area contributed by atoms with E-state index in [0.717, 1.165) is 33.5 Å². The fourth-order valence-electron chi connectivity index (χ4n) is 3.73. The number of hydrogen-bond acceptors (Lipinski definition) is 3. The first-order chi connectivity index (χ1) is 13.2. The monoisotopic (exact) mass is 438 g/mol. The Morgan fingerprint density at radius 3 is 2.63 bits per heavy atom. The molecule has 3 aromatic rings. The van der Waals surface area contributed by atoms with Crippen molar-refractivity contribution in [3.63, 3.8) is 0 Å². The summed E-state index contributed by atoms with van der Waals surface area (Å²) in [6.07, 6.45) is 0.551. The Labute approximate surface area is 171 Å². The Hall–Kier alpha value is -2.30. The van der Waals surface area contributed by atoms with Crippen LogP contribution in [0.5, 0.6) is 5.75 Å². The van der Waals surface area contributed by atoms with Crippen molar-refractivity contribution in [1.82, 2.24) is 5.01 Å². The highest BCUT2D eigenvalue weighted by atomic mass is 79.9. The number of nitrogens with zero attached hydrogens (tertiary/aromatic N) is 2.